The lowest BCUT2D eigenvalue weighted by molar-refractivity contribution is -0.141. The number of rotatable bonds is 5. The number of nitrogens with one attached hydrogen (secondary N) is 1. The highest BCUT2D eigenvalue weighted by molar-refractivity contribution is 6.48. The van der Waals surface area contributed by atoms with Crippen LogP contribution in [0.3, 0.4) is 0 Å². The lowest BCUT2D eigenvalue weighted by Gasteiger charge is -2.29. The summed E-state index contributed by atoms with van der Waals surface area (Å²) < 4.78 is 0. The van der Waals surface area contributed by atoms with Gasteiger partial charge in [-0.3, -0.25) is 4.79 Å². The van der Waals surface area contributed by atoms with Crippen molar-refractivity contribution in [3.8, 4) is 0 Å². The Balaban J connectivity index is 2.33. The van der Waals surface area contributed by atoms with E-state index in [1.165, 1.54) is 0 Å². The highest BCUT2D eigenvalue weighted by atomic mass is 16.4. The SMILES string of the molecule is CB(O)CCCC1CCCNC1C(=O)O. The van der Waals surface area contributed by atoms with Crippen molar-refractivity contribution in [3.05, 3.63) is 0 Å². The molecule has 2 atom stereocenters. The second-order valence-electron chi connectivity index (χ2n) is 4.45. The number of aliphatic carboxylic acids is 1. The first-order chi connectivity index (χ1) is 7.11. The zero-order valence-corrected chi connectivity index (χ0v) is 9.28. The molecule has 86 valence electrons. The molecule has 0 bridgehead atoms. The molecular formula is C10H20BNO3. The number of carbonyl (C=O) groups is 1. The van der Waals surface area contributed by atoms with E-state index in [2.05, 4.69) is 5.32 Å². The summed E-state index contributed by atoms with van der Waals surface area (Å²) in [5.74, 6) is -0.508. The molecule has 5 heteroatoms. The quantitative estimate of drug-likeness (QED) is 0.591. The smallest absolute Gasteiger partial charge is 0.320 e. The van der Waals surface area contributed by atoms with E-state index < -0.39 is 5.97 Å². The minimum Gasteiger partial charge on any atom is -0.480 e. The molecule has 0 aromatic heterocycles. The zero-order valence-electron chi connectivity index (χ0n) is 9.28. The van der Waals surface area contributed by atoms with Gasteiger partial charge in [-0.1, -0.05) is 13.2 Å². The second kappa shape index (κ2) is 6.13. The highest BCUT2D eigenvalue weighted by Crippen LogP contribution is 2.23. The van der Waals surface area contributed by atoms with Gasteiger partial charge in [0.25, 0.3) is 6.92 Å². The number of hydrogen-bond donors (Lipinski definition) is 3. The van der Waals surface area contributed by atoms with Crippen molar-refractivity contribution >= 4 is 12.9 Å². The molecule has 0 aliphatic carbocycles. The maximum Gasteiger partial charge on any atom is 0.320 e. The van der Waals surface area contributed by atoms with Crippen LogP contribution >= 0.6 is 0 Å². The molecule has 2 unspecified atom stereocenters. The molecule has 1 aliphatic rings. The minimum absolute atomic E-state index is 0.231. The summed E-state index contributed by atoms with van der Waals surface area (Å²) in [6, 6.07) is -0.382. The van der Waals surface area contributed by atoms with Gasteiger partial charge in [0.05, 0.1) is 0 Å². The maximum absolute atomic E-state index is 10.9. The van der Waals surface area contributed by atoms with E-state index in [1.54, 1.807) is 6.82 Å². The molecule has 0 saturated carbocycles. The number of hydrogen-bond acceptors (Lipinski definition) is 3. The number of piperidine rings is 1. The van der Waals surface area contributed by atoms with Crippen LogP contribution in [0.1, 0.15) is 25.7 Å². The second-order valence-corrected chi connectivity index (χ2v) is 4.45. The third-order valence-corrected chi connectivity index (χ3v) is 3.05. The summed E-state index contributed by atoms with van der Waals surface area (Å²) in [4.78, 5) is 10.9. The van der Waals surface area contributed by atoms with Crippen LogP contribution in [0, 0.1) is 5.92 Å². The van der Waals surface area contributed by atoms with Crippen molar-refractivity contribution in [1.82, 2.24) is 5.32 Å². The molecule has 15 heavy (non-hydrogen) atoms. The monoisotopic (exact) mass is 213 g/mol. The zero-order chi connectivity index (χ0) is 11.3. The van der Waals surface area contributed by atoms with Gasteiger partial charge in [0.15, 0.2) is 0 Å². The minimum atomic E-state index is -0.739. The van der Waals surface area contributed by atoms with Crippen molar-refractivity contribution in [2.75, 3.05) is 6.54 Å². The highest BCUT2D eigenvalue weighted by Gasteiger charge is 2.29. The van der Waals surface area contributed by atoms with Crippen LogP contribution in [-0.4, -0.2) is 35.6 Å². The van der Waals surface area contributed by atoms with Gasteiger partial charge in [0.1, 0.15) is 6.04 Å². The van der Waals surface area contributed by atoms with Gasteiger partial charge in [-0.25, -0.2) is 0 Å². The van der Waals surface area contributed by atoms with Crippen molar-refractivity contribution in [2.45, 2.75) is 44.9 Å². The molecule has 0 spiro atoms. The van der Waals surface area contributed by atoms with Crippen LogP contribution in [0.4, 0.5) is 0 Å². The van der Waals surface area contributed by atoms with Crippen LogP contribution < -0.4 is 5.32 Å². The van der Waals surface area contributed by atoms with Gasteiger partial charge in [0.2, 0.25) is 0 Å². The summed E-state index contributed by atoms with van der Waals surface area (Å²) >= 11 is 0. The molecule has 0 amide bonds. The van der Waals surface area contributed by atoms with Crippen LogP contribution in [-0.2, 0) is 4.79 Å². The largest absolute Gasteiger partial charge is 0.480 e. The standard InChI is InChI=1S/C10H20BNO3/c1-11(15)6-2-4-8-5-3-7-12-9(8)10(13)14/h8-9,12,15H,2-7H2,1H3,(H,13,14). The van der Waals surface area contributed by atoms with Crippen molar-refractivity contribution in [3.63, 3.8) is 0 Å². The van der Waals surface area contributed by atoms with Crippen molar-refractivity contribution < 1.29 is 14.9 Å². The fraction of sp³-hybridized carbons (Fsp3) is 0.900. The van der Waals surface area contributed by atoms with E-state index >= 15 is 0 Å². The Morgan fingerprint density at radius 3 is 2.93 bits per heavy atom. The molecular weight excluding hydrogens is 193 g/mol. The molecule has 4 nitrogen and oxygen atoms in total. The predicted molar refractivity (Wildman–Crippen MR) is 60.0 cm³/mol. The molecule has 1 heterocycles. The normalized spacial score (nSPS) is 26.3. The third kappa shape index (κ3) is 4.22. The summed E-state index contributed by atoms with van der Waals surface area (Å²) in [5.41, 5.74) is 0. The summed E-state index contributed by atoms with van der Waals surface area (Å²) in [6.07, 6.45) is 4.62. The fourth-order valence-corrected chi connectivity index (χ4v) is 2.23. The average Bonchev–Trinajstić information content (AvgIpc) is 2.17. The van der Waals surface area contributed by atoms with Crippen molar-refractivity contribution in [1.29, 1.82) is 0 Å². The summed E-state index contributed by atoms with van der Waals surface area (Å²) in [7, 11) is 0. The van der Waals surface area contributed by atoms with Gasteiger partial charge < -0.3 is 15.4 Å². The molecule has 0 aromatic carbocycles. The van der Waals surface area contributed by atoms with E-state index in [0.29, 0.717) is 0 Å². The average molecular weight is 213 g/mol. The molecule has 0 radical (unpaired) electrons. The van der Waals surface area contributed by atoms with E-state index in [4.69, 9.17) is 10.1 Å². The first kappa shape index (κ1) is 12.5. The Morgan fingerprint density at radius 2 is 2.33 bits per heavy atom. The van der Waals surface area contributed by atoms with Gasteiger partial charge in [-0.2, -0.15) is 0 Å². The number of carboxylic acid groups (broad SMARTS) is 1. The topological polar surface area (TPSA) is 69.6 Å². The molecule has 1 saturated heterocycles. The van der Waals surface area contributed by atoms with E-state index in [9.17, 15) is 4.79 Å². The molecule has 3 N–H and O–H groups in total. The van der Waals surface area contributed by atoms with Gasteiger partial charge >= 0.3 is 5.97 Å². The van der Waals surface area contributed by atoms with E-state index in [0.717, 1.165) is 38.5 Å². The number of carboxylic acids is 1. The first-order valence-electron chi connectivity index (χ1n) is 5.75. The molecule has 1 aliphatic heterocycles. The summed E-state index contributed by atoms with van der Waals surface area (Å²) in [6.45, 7) is 2.31. The predicted octanol–water partition coefficient (Wildman–Crippen LogP) is 0.833. The van der Waals surface area contributed by atoms with Gasteiger partial charge in [-0.15, -0.1) is 0 Å². The third-order valence-electron chi connectivity index (χ3n) is 3.05. The Labute approximate surface area is 91.2 Å². The lowest BCUT2D eigenvalue weighted by Crippen LogP contribution is -2.46. The molecule has 1 fully saturated rings. The van der Waals surface area contributed by atoms with E-state index in [-0.39, 0.29) is 18.9 Å². The van der Waals surface area contributed by atoms with Gasteiger partial charge in [-0.05, 0) is 38.0 Å². The van der Waals surface area contributed by atoms with Crippen molar-refractivity contribution in [2.24, 2.45) is 5.92 Å². The Morgan fingerprint density at radius 1 is 1.60 bits per heavy atom. The van der Waals surface area contributed by atoms with Crippen LogP contribution in [0.2, 0.25) is 13.1 Å². The molecule has 0 aromatic rings. The first-order valence-corrected chi connectivity index (χ1v) is 5.75. The Hall–Kier alpha value is -0.545. The Kier molecular flexibility index (Phi) is 5.12. The van der Waals surface area contributed by atoms with Crippen LogP contribution in [0.25, 0.3) is 0 Å². The molecule has 1 rings (SSSR count). The Bertz CT molecular complexity index is 211. The van der Waals surface area contributed by atoms with E-state index in [1.807, 2.05) is 0 Å². The van der Waals surface area contributed by atoms with Gasteiger partial charge in [0, 0.05) is 0 Å². The lowest BCUT2D eigenvalue weighted by atomic mass is 9.66. The van der Waals surface area contributed by atoms with Crippen LogP contribution in [0.15, 0.2) is 0 Å². The maximum atomic E-state index is 10.9. The van der Waals surface area contributed by atoms with Crippen LogP contribution in [0.5, 0.6) is 0 Å². The fourth-order valence-electron chi connectivity index (χ4n) is 2.23. The summed E-state index contributed by atoms with van der Waals surface area (Å²) in [5, 5.41) is 21.2.